The number of aliphatic hydroxyl groups excluding tert-OH is 12. The van der Waals surface area contributed by atoms with E-state index in [4.69, 9.17) is 5.11 Å². The Morgan fingerprint density at radius 2 is 0.897 bits per heavy atom. The van der Waals surface area contributed by atoms with Gasteiger partial charge in [-0.25, -0.2) is 0 Å². The Bertz CT molecular complexity index is 1740. The lowest BCUT2D eigenvalue weighted by molar-refractivity contribution is 0.0239. The average molecular weight is 1100 g/mol. The third kappa shape index (κ3) is 52.8. The molecule has 16 unspecified atom stereocenters. The third-order valence-corrected chi connectivity index (χ3v) is 12.9. The van der Waals surface area contributed by atoms with Crippen molar-refractivity contribution in [2.75, 3.05) is 0 Å². The van der Waals surface area contributed by atoms with Gasteiger partial charge in [0.1, 0.15) is 0 Å². The number of hydrogen-bond acceptors (Lipinski definition) is 12. The van der Waals surface area contributed by atoms with E-state index in [-0.39, 0.29) is 31.1 Å². The first-order valence-corrected chi connectivity index (χ1v) is 28.7. The quantitative estimate of drug-likeness (QED) is 0.0155. The molecule has 0 aromatic carbocycles. The summed E-state index contributed by atoms with van der Waals surface area (Å²) in [6.45, 7) is 22.6. The van der Waals surface area contributed by atoms with Crippen molar-refractivity contribution in [1.29, 1.82) is 0 Å². The van der Waals surface area contributed by atoms with E-state index in [1.165, 1.54) is 12.2 Å². The topological polar surface area (TPSA) is 243 Å². The molecule has 0 aliphatic heterocycles. The summed E-state index contributed by atoms with van der Waals surface area (Å²) in [6.07, 6.45) is 46.8. The van der Waals surface area contributed by atoms with Crippen LogP contribution in [0.25, 0.3) is 0 Å². The Hall–Kier alpha value is -3.86. The first kappa shape index (κ1) is 78.4. The highest BCUT2D eigenvalue weighted by Crippen LogP contribution is 2.23. The summed E-state index contributed by atoms with van der Waals surface area (Å²) in [5.41, 5.74) is 0. The van der Waals surface area contributed by atoms with Crippen LogP contribution in [-0.4, -0.2) is 135 Å². The van der Waals surface area contributed by atoms with Crippen LogP contribution in [0, 0.1) is 23.7 Å². The fraction of sp³-hybridized carbons (Fsp3) is 0.606. The molecule has 0 saturated carbocycles. The highest BCUT2D eigenvalue weighted by molar-refractivity contribution is 5.17. The smallest absolute Gasteiger partial charge is 0.0768 e. The molecule has 0 aliphatic rings. The van der Waals surface area contributed by atoms with Crippen LogP contribution in [0.3, 0.4) is 0 Å². The molecule has 0 aliphatic carbocycles. The molecule has 0 aromatic heterocycles. The maximum absolute atomic E-state index is 10.2. The van der Waals surface area contributed by atoms with E-state index in [0.717, 1.165) is 38.5 Å². The number of allylic oxidation sites excluding steroid dienone is 18. The van der Waals surface area contributed by atoms with E-state index >= 15 is 0 Å². The van der Waals surface area contributed by atoms with E-state index in [0.29, 0.717) is 56.8 Å². The van der Waals surface area contributed by atoms with E-state index in [9.17, 15) is 56.2 Å². The van der Waals surface area contributed by atoms with Gasteiger partial charge < -0.3 is 61.3 Å². The molecule has 0 radical (unpaired) electrons. The molecule has 0 aromatic rings. The van der Waals surface area contributed by atoms with Crippen molar-refractivity contribution >= 4 is 0 Å². The lowest BCUT2D eigenvalue weighted by Crippen LogP contribution is -2.32. The van der Waals surface area contributed by atoms with Crippen molar-refractivity contribution in [3.63, 3.8) is 0 Å². The van der Waals surface area contributed by atoms with Gasteiger partial charge in [0.05, 0.1) is 73.2 Å². The number of hydrogen-bond donors (Lipinski definition) is 12. The molecule has 0 spiro atoms. The summed E-state index contributed by atoms with van der Waals surface area (Å²) >= 11 is 0. The highest BCUT2D eigenvalue weighted by atomic mass is 16.3. The number of rotatable bonds is 42. The van der Waals surface area contributed by atoms with Gasteiger partial charge in [-0.3, -0.25) is 0 Å². The fourth-order valence-electron chi connectivity index (χ4n) is 7.76. The molecule has 12 nitrogen and oxygen atoms in total. The standard InChI is InChI=1S/C23H38O3.C22H34O3.C21H40O6/c1-5-6-7-8-9-10-11-12-13-14-19(2)20(3)15-16-22(25)18-23(26)17-21(4)24;1-5-21(24)20(4)22(25)18(2)16-14-12-10-8-6-7-9-11-13-15-17-19(3)23;1-3-5-8-16(22)12-18(24)10-7-11-19(25)14-21(27)15-20(26)13-17(23)9-6-4-2/h5-13,19-26H,1,14-18H2,2-4H3;5-9,11,13-25H,1,10,12H2,2-4H3;4,6-7,11,16-27H,3,5,8-10,12-15H2,1-2H3/b7-6+,9-8+,11-10+,13-12+;8-6+,9-7+,13-11+,16-14+,17-15+;6-4+,11-7+. The summed E-state index contributed by atoms with van der Waals surface area (Å²) in [5, 5.41) is 117. The van der Waals surface area contributed by atoms with Crippen LogP contribution in [-0.2, 0) is 0 Å². The first-order valence-electron chi connectivity index (χ1n) is 28.7. The summed E-state index contributed by atoms with van der Waals surface area (Å²) in [4.78, 5) is 0. The second-order valence-electron chi connectivity index (χ2n) is 20.9. The SMILES string of the molecule is C/C=C/CC(O)CC(O)CC(O)CC(O)/C=C/CC(O)CC(O)CCCC.C=C/C=C/C=C/C=C/C=C/CC(C)C(C)CCC(O)CC(O)CC(C)O.C=CC(O)C(C)C(O)C(C)/C=C/CC/C=C/C=C/C=C/C=C/C(C)O. The average Bonchev–Trinajstić information content (AvgIpc) is 3.37. The van der Waals surface area contributed by atoms with Gasteiger partial charge in [0, 0.05) is 18.3 Å². The number of unbranched alkanes of at least 4 members (excludes halogenated alkanes) is 2. The van der Waals surface area contributed by atoms with Crippen LogP contribution in [0.4, 0.5) is 0 Å². The van der Waals surface area contributed by atoms with Gasteiger partial charge in [0.25, 0.3) is 0 Å². The first-order chi connectivity index (χ1) is 37.0. The molecule has 0 rings (SSSR count). The van der Waals surface area contributed by atoms with E-state index in [1.807, 2.05) is 119 Å². The summed E-state index contributed by atoms with van der Waals surface area (Å²) in [5.74, 6) is 0.815. The lowest BCUT2D eigenvalue weighted by Gasteiger charge is -2.25. The molecule has 0 heterocycles. The second-order valence-corrected chi connectivity index (χ2v) is 20.9. The van der Waals surface area contributed by atoms with Gasteiger partial charge in [-0.05, 0) is 116 Å². The van der Waals surface area contributed by atoms with Crippen molar-refractivity contribution in [2.24, 2.45) is 23.7 Å². The lowest BCUT2D eigenvalue weighted by atomic mass is 9.87. The molecule has 0 amide bonds. The maximum Gasteiger partial charge on any atom is 0.0768 e. The van der Waals surface area contributed by atoms with E-state index in [2.05, 4.69) is 51.3 Å². The molecule has 78 heavy (non-hydrogen) atoms. The molecule has 0 fully saturated rings. The Balaban J connectivity index is -0.00000108. The zero-order chi connectivity index (χ0) is 59.5. The second kappa shape index (κ2) is 53.8. The molecular weight excluding hydrogens is 985 g/mol. The molecule has 0 bridgehead atoms. The third-order valence-electron chi connectivity index (χ3n) is 12.9. The Kier molecular flexibility index (Phi) is 54.0. The predicted octanol–water partition coefficient (Wildman–Crippen LogP) is 10.6. The Morgan fingerprint density at radius 1 is 0.410 bits per heavy atom. The Morgan fingerprint density at radius 3 is 1.46 bits per heavy atom. The Labute approximate surface area is 473 Å². The van der Waals surface area contributed by atoms with Crippen LogP contribution >= 0.6 is 0 Å². The minimum atomic E-state index is -0.880. The van der Waals surface area contributed by atoms with Gasteiger partial charge in [-0.1, -0.05) is 200 Å². The zero-order valence-electron chi connectivity index (χ0n) is 49.2. The minimum Gasteiger partial charge on any atom is -0.393 e. The van der Waals surface area contributed by atoms with Crippen LogP contribution in [0.5, 0.6) is 0 Å². The van der Waals surface area contributed by atoms with Crippen molar-refractivity contribution in [3.8, 4) is 0 Å². The molecular formula is C66H112O12. The normalized spacial score (nSPS) is 19.1. The fourth-order valence-corrected chi connectivity index (χ4v) is 7.76. The van der Waals surface area contributed by atoms with Crippen LogP contribution < -0.4 is 0 Å². The highest BCUT2D eigenvalue weighted by Gasteiger charge is 2.24. The zero-order valence-corrected chi connectivity index (χ0v) is 49.2. The van der Waals surface area contributed by atoms with Crippen LogP contribution in [0.2, 0.25) is 0 Å². The van der Waals surface area contributed by atoms with Gasteiger partial charge in [0.2, 0.25) is 0 Å². The van der Waals surface area contributed by atoms with Crippen molar-refractivity contribution < 1.29 is 61.3 Å². The number of aliphatic hydroxyl groups is 12. The maximum atomic E-state index is 10.2. The van der Waals surface area contributed by atoms with Gasteiger partial charge in [0.15, 0.2) is 0 Å². The van der Waals surface area contributed by atoms with Crippen molar-refractivity contribution in [3.05, 3.63) is 159 Å². The molecule has 448 valence electrons. The van der Waals surface area contributed by atoms with Crippen molar-refractivity contribution in [2.45, 2.75) is 231 Å². The summed E-state index contributed by atoms with van der Waals surface area (Å²) in [7, 11) is 0. The van der Waals surface area contributed by atoms with Gasteiger partial charge in [-0.15, -0.1) is 6.58 Å². The van der Waals surface area contributed by atoms with Gasteiger partial charge >= 0.3 is 0 Å². The van der Waals surface area contributed by atoms with Crippen molar-refractivity contribution in [1.82, 2.24) is 0 Å². The van der Waals surface area contributed by atoms with E-state index in [1.54, 1.807) is 32.1 Å². The van der Waals surface area contributed by atoms with Gasteiger partial charge in [-0.2, -0.15) is 0 Å². The monoisotopic (exact) mass is 1100 g/mol. The molecule has 12 N–H and O–H groups in total. The summed E-state index contributed by atoms with van der Waals surface area (Å²) in [6, 6.07) is 0. The summed E-state index contributed by atoms with van der Waals surface area (Å²) < 4.78 is 0. The molecule has 16 atom stereocenters. The predicted molar refractivity (Wildman–Crippen MR) is 326 cm³/mol. The van der Waals surface area contributed by atoms with E-state index < -0.39 is 73.2 Å². The molecule has 12 heteroatoms. The largest absolute Gasteiger partial charge is 0.393 e. The van der Waals surface area contributed by atoms with Crippen LogP contribution in [0.1, 0.15) is 158 Å². The van der Waals surface area contributed by atoms with Crippen LogP contribution in [0.15, 0.2) is 159 Å². The minimum absolute atomic E-state index is 0.00620. The molecule has 0 saturated heterocycles.